The molecule has 3 fully saturated rings. The molecule has 2 saturated heterocycles. The molecule has 0 aromatic rings. The standard InChI is InChI=1S/C18H32N2O2/c1-17(2,3)22-16(21)20-13-9-18(10-14-20)7-5-15(6-8-18)19-11-4-12-19/h15H,4-14H2,1-3H3. The molecule has 3 rings (SSSR count). The van der Waals surface area contributed by atoms with Gasteiger partial charge in [0.15, 0.2) is 0 Å². The van der Waals surface area contributed by atoms with Gasteiger partial charge in [0.2, 0.25) is 0 Å². The van der Waals surface area contributed by atoms with E-state index in [1.54, 1.807) is 0 Å². The lowest BCUT2D eigenvalue weighted by Gasteiger charge is -2.49. The van der Waals surface area contributed by atoms with Crippen LogP contribution in [0.3, 0.4) is 0 Å². The van der Waals surface area contributed by atoms with E-state index < -0.39 is 0 Å². The maximum Gasteiger partial charge on any atom is 0.410 e. The molecular weight excluding hydrogens is 276 g/mol. The van der Waals surface area contributed by atoms with Gasteiger partial charge in [0, 0.05) is 19.1 Å². The van der Waals surface area contributed by atoms with Crippen molar-refractivity contribution < 1.29 is 9.53 Å². The maximum atomic E-state index is 12.2. The summed E-state index contributed by atoms with van der Waals surface area (Å²) in [5, 5.41) is 0. The van der Waals surface area contributed by atoms with Gasteiger partial charge in [-0.2, -0.15) is 0 Å². The van der Waals surface area contributed by atoms with Crippen LogP contribution in [-0.4, -0.2) is 53.7 Å². The number of hydrogen-bond donors (Lipinski definition) is 0. The summed E-state index contributed by atoms with van der Waals surface area (Å²) in [7, 11) is 0. The van der Waals surface area contributed by atoms with Crippen molar-refractivity contribution in [3.05, 3.63) is 0 Å². The molecule has 126 valence electrons. The van der Waals surface area contributed by atoms with Gasteiger partial charge in [-0.25, -0.2) is 4.79 Å². The summed E-state index contributed by atoms with van der Waals surface area (Å²) >= 11 is 0. The Morgan fingerprint density at radius 1 is 1.00 bits per heavy atom. The third kappa shape index (κ3) is 3.58. The molecule has 22 heavy (non-hydrogen) atoms. The highest BCUT2D eigenvalue weighted by molar-refractivity contribution is 5.68. The lowest BCUT2D eigenvalue weighted by atomic mass is 9.66. The van der Waals surface area contributed by atoms with Gasteiger partial charge < -0.3 is 14.5 Å². The second-order valence-electron chi connectivity index (χ2n) is 8.59. The van der Waals surface area contributed by atoms with Gasteiger partial charge in [-0.05, 0) is 84.2 Å². The second kappa shape index (κ2) is 6.03. The van der Waals surface area contributed by atoms with E-state index in [-0.39, 0.29) is 11.7 Å². The molecule has 1 spiro atoms. The number of carbonyl (C=O) groups is 1. The molecule has 4 heteroatoms. The summed E-state index contributed by atoms with van der Waals surface area (Å²) in [6.07, 6.45) is 9.05. The van der Waals surface area contributed by atoms with Crippen LogP contribution in [0.25, 0.3) is 0 Å². The van der Waals surface area contributed by atoms with E-state index >= 15 is 0 Å². The zero-order valence-corrected chi connectivity index (χ0v) is 14.6. The van der Waals surface area contributed by atoms with Gasteiger partial charge in [0.05, 0.1) is 0 Å². The van der Waals surface area contributed by atoms with E-state index in [1.165, 1.54) is 58.0 Å². The number of carbonyl (C=O) groups excluding carboxylic acids is 1. The highest BCUT2D eigenvalue weighted by atomic mass is 16.6. The minimum Gasteiger partial charge on any atom is -0.444 e. The molecule has 1 saturated carbocycles. The van der Waals surface area contributed by atoms with Crippen molar-refractivity contribution in [2.24, 2.45) is 5.41 Å². The third-order valence-electron chi connectivity index (χ3n) is 5.90. The van der Waals surface area contributed by atoms with Gasteiger partial charge in [0.1, 0.15) is 5.60 Å². The fourth-order valence-corrected chi connectivity index (χ4v) is 4.28. The summed E-state index contributed by atoms with van der Waals surface area (Å²) in [5.41, 5.74) is 0.126. The molecule has 4 nitrogen and oxygen atoms in total. The fourth-order valence-electron chi connectivity index (χ4n) is 4.28. The van der Waals surface area contributed by atoms with E-state index in [0.717, 1.165) is 19.1 Å². The molecular formula is C18H32N2O2. The molecule has 0 radical (unpaired) electrons. The van der Waals surface area contributed by atoms with Crippen LogP contribution in [0.2, 0.25) is 0 Å². The number of likely N-dealkylation sites (tertiary alicyclic amines) is 2. The maximum absolute atomic E-state index is 12.2. The Morgan fingerprint density at radius 2 is 1.59 bits per heavy atom. The van der Waals surface area contributed by atoms with Crippen molar-refractivity contribution in [1.29, 1.82) is 0 Å². The number of piperidine rings is 1. The van der Waals surface area contributed by atoms with Crippen molar-refractivity contribution in [2.75, 3.05) is 26.2 Å². The summed E-state index contributed by atoms with van der Waals surface area (Å²) < 4.78 is 5.50. The number of amides is 1. The molecule has 2 heterocycles. The molecule has 0 atom stereocenters. The largest absolute Gasteiger partial charge is 0.444 e. The topological polar surface area (TPSA) is 32.8 Å². The Balaban J connectivity index is 1.46. The smallest absolute Gasteiger partial charge is 0.410 e. The van der Waals surface area contributed by atoms with Crippen LogP contribution < -0.4 is 0 Å². The highest BCUT2D eigenvalue weighted by Crippen LogP contribution is 2.46. The number of nitrogens with zero attached hydrogens (tertiary/aromatic N) is 2. The predicted octanol–water partition coefficient (Wildman–Crippen LogP) is 3.65. The van der Waals surface area contributed by atoms with Gasteiger partial charge in [0.25, 0.3) is 0 Å². The summed E-state index contributed by atoms with van der Waals surface area (Å²) in [4.78, 5) is 16.8. The summed E-state index contributed by atoms with van der Waals surface area (Å²) in [6, 6.07) is 0.850. The minimum absolute atomic E-state index is 0.128. The summed E-state index contributed by atoms with van der Waals surface area (Å²) in [5.74, 6) is 0. The fraction of sp³-hybridized carbons (Fsp3) is 0.944. The minimum atomic E-state index is -0.387. The lowest BCUT2D eigenvalue weighted by molar-refractivity contribution is -0.00755. The molecule has 0 bridgehead atoms. The number of rotatable bonds is 1. The first-order valence-electron chi connectivity index (χ1n) is 9.09. The molecule has 1 aliphatic carbocycles. The first-order valence-corrected chi connectivity index (χ1v) is 9.09. The average molecular weight is 308 g/mol. The lowest BCUT2D eigenvalue weighted by Crippen LogP contribution is -2.50. The van der Waals surface area contributed by atoms with Crippen LogP contribution in [-0.2, 0) is 4.74 Å². The van der Waals surface area contributed by atoms with Crippen molar-refractivity contribution in [3.8, 4) is 0 Å². The first-order chi connectivity index (χ1) is 10.4. The molecule has 3 aliphatic rings. The molecule has 0 aromatic carbocycles. The van der Waals surface area contributed by atoms with E-state index in [0.29, 0.717) is 5.41 Å². The molecule has 2 aliphatic heterocycles. The van der Waals surface area contributed by atoms with Gasteiger partial charge in [-0.1, -0.05) is 0 Å². The number of hydrogen-bond acceptors (Lipinski definition) is 3. The Morgan fingerprint density at radius 3 is 2.05 bits per heavy atom. The highest BCUT2D eigenvalue weighted by Gasteiger charge is 2.41. The van der Waals surface area contributed by atoms with E-state index in [1.807, 2.05) is 25.7 Å². The summed E-state index contributed by atoms with van der Waals surface area (Å²) in [6.45, 7) is 10.2. The Kier molecular flexibility index (Phi) is 4.41. The monoisotopic (exact) mass is 308 g/mol. The van der Waals surface area contributed by atoms with Crippen molar-refractivity contribution in [3.63, 3.8) is 0 Å². The van der Waals surface area contributed by atoms with Crippen LogP contribution in [0, 0.1) is 5.41 Å². The average Bonchev–Trinajstić information content (AvgIpc) is 2.38. The van der Waals surface area contributed by atoms with Crippen LogP contribution in [0.15, 0.2) is 0 Å². The molecule has 0 N–H and O–H groups in total. The Labute approximate surface area is 135 Å². The van der Waals surface area contributed by atoms with Crippen molar-refractivity contribution in [1.82, 2.24) is 9.80 Å². The first kappa shape index (κ1) is 16.1. The van der Waals surface area contributed by atoms with Crippen LogP contribution in [0.1, 0.15) is 65.7 Å². The van der Waals surface area contributed by atoms with Crippen molar-refractivity contribution >= 4 is 6.09 Å². The molecule has 1 amide bonds. The van der Waals surface area contributed by atoms with Gasteiger partial charge >= 0.3 is 6.09 Å². The van der Waals surface area contributed by atoms with E-state index in [9.17, 15) is 4.79 Å². The van der Waals surface area contributed by atoms with E-state index in [4.69, 9.17) is 4.74 Å². The molecule has 0 aromatic heterocycles. The predicted molar refractivity (Wildman–Crippen MR) is 87.9 cm³/mol. The Hall–Kier alpha value is -0.770. The second-order valence-corrected chi connectivity index (χ2v) is 8.59. The zero-order chi connectivity index (χ0) is 15.8. The van der Waals surface area contributed by atoms with Crippen LogP contribution in [0.5, 0.6) is 0 Å². The SMILES string of the molecule is CC(C)(C)OC(=O)N1CCC2(CCC(N3CCC3)CC2)CC1. The number of ether oxygens (including phenoxy) is 1. The van der Waals surface area contributed by atoms with E-state index in [2.05, 4.69) is 4.90 Å². The van der Waals surface area contributed by atoms with Gasteiger partial charge in [-0.3, -0.25) is 0 Å². The third-order valence-corrected chi connectivity index (χ3v) is 5.90. The molecule has 0 unspecified atom stereocenters. The quantitative estimate of drug-likeness (QED) is 0.741. The zero-order valence-electron chi connectivity index (χ0n) is 14.6. The van der Waals surface area contributed by atoms with Gasteiger partial charge in [-0.15, -0.1) is 0 Å². The van der Waals surface area contributed by atoms with Crippen molar-refractivity contribution in [2.45, 2.75) is 77.4 Å². The Bertz CT molecular complexity index is 394. The van der Waals surface area contributed by atoms with Crippen LogP contribution >= 0.6 is 0 Å². The van der Waals surface area contributed by atoms with Crippen LogP contribution in [0.4, 0.5) is 4.79 Å². The normalized spacial score (nSPS) is 26.8.